The van der Waals surface area contributed by atoms with Crippen molar-refractivity contribution in [2.45, 2.75) is 19.4 Å². The highest BCUT2D eigenvalue weighted by Gasteiger charge is 2.13. The Morgan fingerprint density at radius 2 is 1.73 bits per heavy atom. The third-order valence-corrected chi connectivity index (χ3v) is 4.80. The summed E-state index contributed by atoms with van der Waals surface area (Å²) in [7, 11) is 0. The van der Waals surface area contributed by atoms with Crippen LogP contribution >= 0.6 is 0 Å². The van der Waals surface area contributed by atoms with Crippen LogP contribution in [0.2, 0.25) is 0 Å². The number of amides is 1. The quantitative estimate of drug-likeness (QED) is 0.764. The number of primary amides is 1. The smallest absolute Gasteiger partial charge is 0.287 e. The molecule has 0 saturated carbocycles. The van der Waals surface area contributed by atoms with Crippen LogP contribution in [0.4, 0.5) is 0 Å². The van der Waals surface area contributed by atoms with Gasteiger partial charge in [-0.2, -0.15) is 0 Å². The van der Waals surface area contributed by atoms with Crippen molar-refractivity contribution in [3.63, 3.8) is 0 Å². The second-order valence-electron chi connectivity index (χ2n) is 6.70. The molecule has 0 aliphatic carbocycles. The SMILES string of the molecule is NC(=O)c1cc(-c2ccc(-c3cccc(CN4CCCC4)c3)cc2)no1. The summed E-state index contributed by atoms with van der Waals surface area (Å²) in [5.41, 5.74) is 10.4. The molecule has 0 atom stereocenters. The number of nitrogens with two attached hydrogens (primary N) is 1. The number of carbonyl (C=O) groups excluding carboxylic acids is 1. The predicted octanol–water partition coefficient (Wildman–Crippen LogP) is 3.70. The Labute approximate surface area is 152 Å². The second kappa shape index (κ2) is 7.14. The lowest BCUT2D eigenvalue weighted by atomic mass is 10.0. The molecule has 5 nitrogen and oxygen atoms in total. The van der Waals surface area contributed by atoms with Crippen molar-refractivity contribution >= 4 is 5.91 Å². The lowest BCUT2D eigenvalue weighted by Crippen LogP contribution is -2.18. The molecule has 5 heteroatoms. The van der Waals surface area contributed by atoms with Crippen molar-refractivity contribution in [3.8, 4) is 22.4 Å². The van der Waals surface area contributed by atoms with Gasteiger partial charge in [0.05, 0.1) is 0 Å². The molecule has 1 aliphatic heterocycles. The van der Waals surface area contributed by atoms with E-state index >= 15 is 0 Å². The molecule has 26 heavy (non-hydrogen) atoms. The van der Waals surface area contributed by atoms with Gasteiger partial charge < -0.3 is 10.3 Å². The zero-order chi connectivity index (χ0) is 17.9. The van der Waals surface area contributed by atoms with Gasteiger partial charge in [-0.3, -0.25) is 9.69 Å². The number of nitrogens with zero attached hydrogens (tertiary/aromatic N) is 2. The maximum absolute atomic E-state index is 11.1. The first kappa shape index (κ1) is 16.5. The largest absolute Gasteiger partial charge is 0.363 e. The zero-order valence-corrected chi connectivity index (χ0v) is 14.5. The van der Waals surface area contributed by atoms with E-state index in [1.165, 1.54) is 37.1 Å². The monoisotopic (exact) mass is 347 g/mol. The van der Waals surface area contributed by atoms with E-state index in [0.717, 1.165) is 17.7 Å². The Bertz CT molecular complexity index is 909. The van der Waals surface area contributed by atoms with Crippen LogP contribution in [-0.4, -0.2) is 29.1 Å². The normalized spacial score (nSPS) is 14.6. The summed E-state index contributed by atoms with van der Waals surface area (Å²) in [6, 6.07) is 18.3. The molecule has 1 amide bonds. The van der Waals surface area contributed by atoms with E-state index in [9.17, 15) is 4.79 Å². The molecule has 1 aliphatic rings. The van der Waals surface area contributed by atoms with Crippen LogP contribution < -0.4 is 5.73 Å². The molecule has 2 heterocycles. The number of hydrogen-bond donors (Lipinski definition) is 1. The van der Waals surface area contributed by atoms with Crippen LogP contribution in [0.15, 0.2) is 59.1 Å². The topological polar surface area (TPSA) is 72.4 Å². The van der Waals surface area contributed by atoms with Crippen LogP contribution in [0.25, 0.3) is 22.4 Å². The molecule has 2 N–H and O–H groups in total. The number of hydrogen-bond acceptors (Lipinski definition) is 4. The van der Waals surface area contributed by atoms with E-state index in [1.54, 1.807) is 6.07 Å². The Hall–Kier alpha value is -2.92. The summed E-state index contributed by atoms with van der Waals surface area (Å²) in [5, 5.41) is 3.90. The van der Waals surface area contributed by atoms with Crippen LogP contribution in [0.3, 0.4) is 0 Å². The first-order chi connectivity index (χ1) is 12.7. The van der Waals surface area contributed by atoms with Crippen LogP contribution in [-0.2, 0) is 6.54 Å². The molecular formula is C21H21N3O2. The number of rotatable bonds is 5. The van der Waals surface area contributed by atoms with Gasteiger partial charge in [0.15, 0.2) is 0 Å². The fourth-order valence-electron chi connectivity index (χ4n) is 3.41. The highest BCUT2D eigenvalue weighted by atomic mass is 16.5. The molecule has 3 aromatic rings. The Balaban J connectivity index is 1.53. The molecule has 0 bridgehead atoms. The van der Waals surface area contributed by atoms with Gasteiger partial charge in [0.25, 0.3) is 5.91 Å². The second-order valence-corrected chi connectivity index (χ2v) is 6.70. The summed E-state index contributed by atoms with van der Waals surface area (Å²) in [6.45, 7) is 3.41. The standard InChI is InChI=1S/C21H21N3O2/c22-21(25)20-13-19(23-26-20)17-8-6-16(7-9-17)18-5-3-4-15(12-18)14-24-10-1-2-11-24/h3-9,12-13H,1-2,10-11,14H2,(H2,22,25). The lowest BCUT2D eigenvalue weighted by molar-refractivity contribution is 0.0965. The molecule has 0 unspecified atom stereocenters. The van der Waals surface area contributed by atoms with Crippen LogP contribution in [0.1, 0.15) is 29.0 Å². The first-order valence-electron chi connectivity index (χ1n) is 8.88. The molecule has 1 saturated heterocycles. The highest BCUT2D eigenvalue weighted by molar-refractivity contribution is 5.90. The molecule has 132 valence electrons. The summed E-state index contributed by atoms with van der Waals surface area (Å²) in [5.74, 6) is -0.547. The van der Waals surface area contributed by atoms with Gasteiger partial charge in [-0.05, 0) is 48.7 Å². The fraction of sp³-hybridized carbons (Fsp3) is 0.238. The van der Waals surface area contributed by atoms with Gasteiger partial charge in [-0.15, -0.1) is 0 Å². The molecule has 0 radical (unpaired) electrons. The summed E-state index contributed by atoms with van der Waals surface area (Å²) >= 11 is 0. The van der Waals surface area contributed by atoms with Gasteiger partial charge in [0.1, 0.15) is 5.69 Å². The maximum Gasteiger partial charge on any atom is 0.287 e. The average molecular weight is 347 g/mol. The summed E-state index contributed by atoms with van der Waals surface area (Å²) < 4.78 is 4.95. The lowest BCUT2D eigenvalue weighted by Gasteiger charge is -2.15. The van der Waals surface area contributed by atoms with Crippen molar-refractivity contribution in [2.24, 2.45) is 5.73 Å². The van der Waals surface area contributed by atoms with E-state index in [4.69, 9.17) is 10.3 Å². The van der Waals surface area contributed by atoms with E-state index in [2.05, 4.69) is 46.5 Å². The van der Waals surface area contributed by atoms with Crippen molar-refractivity contribution in [2.75, 3.05) is 13.1 Å². The minimum atomic E-state index is -0.616. The molecule has 4 rings (SSSR count). The van der Waals surface area contributed by atoms with Gasteiger partial charge in [-0.1, -0.05) is 47.6 Å². The number of benzene rings is 2. The minimum absolute atomic E-state index is 0.0682. The molecule has 0 spiro atoms. The van der Waals surface area contributed by atoms with Crippen molar-refractivity contribution in [1.82, 2.24) is 10.1 Å². The Morgan fingerprint density at radius 1 is 1.00 bits per heavy atom. The van der Waals surface area contributed by atoms with Gasteiger partial charge in [0.2, 0.25) is 5.76 Å². The van der Waals surface area contributed by atoms with Gasteiger partial charge >= 0.3 is 0 Å². The first-order valence-corrected chi connectivity index (χ1v) is 8.88. The average Bonchev–Trinajstić information content (AvgIpc) is 3.34. The van der Waals surface area contributed by atoms with Crippen LogP contribution in [0, 0.1) is 0 Å². The molecule has 1 fully saturated rings. The molecular weight excluding hydrogens is 326 g/mol. The van der Waals surface area contributed by atoms with E-state index in [0.29, 0.717) is 5.69 Å². The molecule has 1 aromatic heterocycles. The number of likely N-dealkylation sites (tertiary alicyclic amines) is 1. The van der Waals surface area contributed by atoms with Gasteiger partial charge in [-0.25, -0.2) is 0 Å². The third kappa shape index (κ3) is 3.53. The minimum Gasteiger partial charge on any atom is -0.363 e. The Morgan fingerprint density at radius 3 is 2.42 bits per heavy atom. The third-order valence-electron chi connectivity index (χ3n) is 4.80. The van der Waals surface area contributed by atoms with Crippen molar-refractivity contribution in [1.29, 1.82) is 0 Å². The van der Waals surface area contributed by atoms with E-state index in [-0.39, 0.29) is 5.76 Å². The maximum atomic E-state index is 11.1. The zero-order valence-electron chi connectivity index (χ0n) is 14.5. The van der Waals surface area contributed by atoms with Gasteiger partial charge in [0, 0.05) is 18.2 Å². The van der Waals surface area contributed by atoms with E-state index in [1.807, 2.05) is 12.1 Å². The number of carbonyl (C=O) groups is 1. The fourth-order valence-corrected chi connectivity index (χ4v) is 3.41. The Kier molecular flexibility index (Phi) is 4.54. The van der Waals surface area contributed by atoms with E-state index < -0.39 is 5.91 Å². The van der Waals surface area contributed by atoms with Crippen LogP contribution in [0.5, 0.6) is 0 Å². The summed E-state index contributed by atoms with van der Waals surface area (Å²) in [4.78, 5) is 13.6. The van der Waals surface area contributed by atoms with Crippen molar-refractivity contribution < 1.29 is 9.32 Å². The predicted molar refractivity (Wildman–Crippen MR) is 100 cm³/mol. The summed E-state index contributed by atoms with van der Waals surface area (Å²) in [6.07, 6.45) is 2.61. The van der Waals surface area contributed by atoms with Crippen molar-refractivity contribution in [3.05, 3.63) is 65.9 Å². The highest BCUT2D eigenvalue weighted by Crippen LogP contribution is 2.26. The molecule has 2 aromatic carbocycles. The number of aromatic nitrogens is 1.